The van der Waals surface area contributed by atoms with Crippen molar-refractivity contribution >= 4 is 33.2 Å². The minimum Gasteiger partial charge on any atom is -0.311 e. The quantitative estimate of drug-likeness (QED) is 0.844. The van der Waals surface area contributed by atoms with E-state index < -0.39 is 16.1 Å². The standard InChI is InChI=1S/C18H18ClFN2O3S/c1-12-9-15(5-6-16(12)20)22-8-7-17(18(22)23)21-26(24,25)11-13-3-2-4-14(19)10-13/h2-6,9-10,17,21H,7-8,11H2,1H3. The fraction of sp³-hybridized carbons (Fsp3) is 0.278. The Morgan fingerprint density at radius 2 is 2.04 bits per heavy atom. The van der Waals surface area contributed by atoms with Gasteiger partial charge in [-0.15, -0.1) is 0 Å². The average Bonchev–Trinajstić information content (AvgIpc) is 2.90. The molecule has 1 saturated heterocycles. The second-order valence-corrected chi connectivity index (χ2v) is 8.46. The molecule has 2 aromatic carbocycles. The van der Waals surface area contributed by atoms with Crippen LogP contribution < -0.4 is 9.62 Å². The number of carbonyl (C=O) groups is 1. The third-order valence-electron chi connectivity index (χ3n) is 4.23. The van der Waals surface area contributed by atoms with Gasteiger partial charge in [0, 0.05) is 17.3 Å². The highest BCUT2D eigenvalue weighted by atomic mass is 35.5. The monoisotopic (exact) mass is 396 g/mol. The Kier molecular flexibility index (Phi) is 5.32. The fourth-order valence-corrected chi connectivity index (χ4v) is 4.51. The van der Waals surface area contributed by atoms with Crippen molar-refractivity contribution in [1.82, 2.24) is 4.72 Å². The molecule has 1 unspecified atom stereocenters. The van der Waals surface area contributed by atoms with Crippen molar-refractivity contribution in [3.05, 3.63) is 64.4 Å². The second-order valence-electron chi connectivity index (χ2n) is 6.27. The Bertz CT molecular complexity index is 949. The molecule has 1 heterocycles. The van der Waals surface area contributed by atoms with Gasteiger partial charge < -0.3 is 4.90 Å². The number of hydrogen-bond donors (Lipinski definition) is 1. The Morgan fingerprint density at radius 1 is 1.27 bits per heavy atom. The lowest BCUT2D eigenvalue weighted by Crippen LogP contribution is -2.42. The molecule has 26 heavy (non-hydrogen) atoms. The maximum absolute atomic E-state index is 13.4. The smallest absolute Gasteiger partial charge is 0.245 e. The van der Waals surface area contributed by atoms with Crippen LogP contribution in [0.5, 0.6) is 0 Å². The molecule has 1 aliphatic heterocycles. The van der Waals surface area contributed by atoms with Crippen molar-refractivity contribution in [2.24, 2.45) is 0 Å². The summed E-state index contributed by atoms with van der Waals surface area (Å²) in [5, 5.41) is 0.451. The zero-order valence-corrected chi connectivity index (χ0v) is 15.6. The van der Waals surface area contributed by atoms with E-state index in [2.05, 4.69) is 4.72 Å². The van der Waals surface area contributed by atoms with E-state index in [0.717, 1.165) is 0 Å². The minimum absolute atomic E-state index is 0.257. The van der Waals surface area contributed by atoms with Crippen molar-refractivity contribution in [2.45, 2.75) is 25.1 Å². The van der Waals surface area contributed by atoms with Crippen molar-refractivity contribution < 1.29 is 17.6 Å². The van der Waals surface area contributed by atoms with E-state index in [-0.39, 0.29) is 17.5 Å². The molecule has 1 fully saturated rings. The molecular weight excluding hydrogens is 379 g/mol. The van der Waals surface area contributed by atoms with E-state index in [1.807, 2.05) is 0 Å². The Labute approximate surface area is 156 Å². The van der Waals surface area contributed by atoms with Crippen LogP contribution in [0.2, 0.25) is 5.02 Å². The Hall–Kier alpha value is -1.96. The van der Waals surface area contributed by atoms with Gasteiger partial charge in [-0.2, -0.15) is 0 Å². The lowest BCUT2D eigenvalue weighted by Gasteiger charge is -2.18. The summed E-state index contributed by atoms with van der Waals surface area (Å²) in [6.45, 7) is 1.98. The first-order chi connectivity index (χ1) is 12.2. The summed E-state index contributed by atoms with van der Waals surface area (Å²) >= 11 is 5.88. The highest BCUT2D eigenvalue weighted by Gasteiger charge is 2.35. The van der Waals surface area contributed by atoms with Crippen LogP contribution in [-0.2, 0) is 20.6 Å². The number of hydrogen-bond acceptors (Lipinski definition) is 3. The zero-order chi connectivity index (χ0) is 18.9. The number of rotatable bonds is 5. The number of anilines is 1. The molecule has 0 radical (unpaired) electrons. The first-order valence-electron chi connectivity index (χ1n) is 8.07. The summed E-state index contributed by atoms with van der Waals surface area (Å²) in [7, 11) is -3.70. The van der Waals surface area contributed by atoms with Crippen LogP contribution >= 0.6 is 11.6 Å². The van der Waals surface area contributed by atoms with Gasteiger partial charge in [-0.3, -0.25) is 4.79 Å². The molecule has 138 valence electrons. The SMILES string of the molecule is Cc1cc(N2CCC(NS(=O)(=O)Cc3cccc(Cl)c3)C2=O)ccc1F. The third kappa shape index (κ3) is 4.23. The molecule has 1 amide bonds. The Balaban J connectivity index is 1.70. The fourth-order valence-electron chi connectivity index (χ4n) is 2.95. The van der Waals surface area contributed by atoms with Crippen LogP contribution in [0.3, 0.4) is 0 Å². The van der Waals surface area contributed by atoms with Gasteiger partial charge in [0.25, 0.3) is 0 Å². The number of carbonyl (C=O) groups excluding carboxylic acids is 1. The molecule has 0 aromatic heterocycles. The number of benzene rings is 2. The van der Waals surface area contributed by atoms with E-state index in [9.17, 15) is 17.6 Å². The Morgan fingerprint density at radius 3 is 2.73 bits per heavy atom. The molecule has 1 N–H and O–H groups in total. The molecule has 0 spiro atoms. The topological polar surface area (TPSA) is 66.5 Å². The molecule has 0 saturated carbocycles. The lowest BCUT2D eigenvalue weighted by atomic mass is 10.2. The largest absolute Gasteiger partial charge is 0.311 e. The predicted molar refractivity (Wildman–Crippen MR) is 99.1 cm³/mol. The van der Waals surface area contributed by atoms with Gasteiger partial charge in [0.2, 0.25) is 15.9 Å². The van der Waals surface area contributed by atoms with Crippen molar-refractivity contribution in [3.8, 4) is 0 Å². The first kappa shape index (κ1) is 18.8. The summed E-state index contributed by atoms with van der Waals surface area (Å²) < 4.78 is 40.6. The molecular formula is C18H18ClFN2O3S. The summed E-state index contributed by atoms with van der Waals surface area (Å²) in [4.78, 5) is 14.0. The number of sulfonamides is 1. The molecule has 1 aliphatic rings. The normalized spacial score (nSPS) is 17.7. The molecule has 0 aliphatic carbocycles. The maximum Gasteiger partial charge on any atom is 0.245 e. The summed E-state index contributed by atoms with van der Waals surface area (Å²) in [5.41, 5.74) is 1.53. The number of aryl methyl sites for hydroxylation is 1. The van der Waals surface area contributed by atoms with Gasteiger partial charge in [0.05, 0.1) is 5.75 Å². The number of halogens is 2. The number of amides is 1. The van der Waals surface area contributed by atoms with Crippen LogP contribution in [0.4, 0.5) is 10.1 Å². The van der Waals surface area contributed by atoms with Crippen molar-refractivity contribution in [2.75, 3.05) is 11.4 Å². The second kappa shape index (κ2) is 7.34. The number of nitrogens with zero attached hydrogens (tertiary/aromatic N) is 1. The van der Waals surface area contributed by atoms with E-state index in [4.69, 9.17) is 11.6 Å². The number of nitrogens with one attached hydrogen (secondary N) is 1. The predicted octanol–water partition coefficient (Wildman–Crippen LogP) is 3.01. The molecule has 8 heteroatoms. The third-order valence-corrected chi connectivity index (χ3v) is 5.82. The van der Waals surface area contributed by atoms with E-state index in [0.29, 0.717) is 34.8 Å². The molecule has 0 bridgehead atoms. The molecule has 5 nitrogen and oxygen atoms in total. The average molecular weight is 397 g/mol. The molecule has 3 rings (SSSR count). The highest BCUT2D eigenvalue weighted by molar-refractivity contribution is 7.88. The molecule has 2 aromatic rings. The van der Waals surface area contributed by atoms with Crippen LogP contribution in [0.15, 0.2) is 42.5 Å². The van der Waals surface area contributed by atoms with Crippen LogP contribution in [0.1, 0.15) is 17.5 Å². The van der Waals surface area contributed by atoms with Gasteiger partial charge in [-0.05, 0) is 54.8 Å². The van der Waals surface area contributed by atoms with Gasteiger partial charge in [-0.1, -0.05) is 23.7 Å². The van der Waals surface area contributed by atoms with Gasteiger partial charge in [0.1, 0.15) is 11.9 Å². The van der Waals surface area contributed by atoms with Gasteiger partial charge in [0.15, 0.2) is 0 Å². The van der Waals surface area contributed by atoms with Gasteiger partial charge in [-0.25, -0.2) is 17.5 Å². The summed E-state index contributed by atoms with van der Waals surface area (Å²) in [6, 6.07) is 10.1. The van der Waals surface area contributed by atoms with E-state index in [1.54, 1.807) is 37.3 Å². The van der Waals surface area contributed by atoms with E-state index >= 15 is 0 Å². The minimum atomic E-state index is -3.70. The summed E-state index contributed by atoms with van der Waals surface area (Å²) in [5.74, 6) is -0.947. The maximum atomic E-state index is 13.4. The van der Waals surface area contributed by atoms with Crippen molar-refractivity contribution in [1.29, 1.82) is 0 Å². The van der Waals surface area contributed by atoms with Crippen molar-refractivity contribution in [3.63, 3.8) is 0 Å². The van der Waals surface area contributed by atoms with Crippen LogP contribution in [0.25, 0.3) is 0 Å². The summed E-state index contributed by atoms with van der Waals surface area (Å²) in [6.07, 6.45) is 0.351. The van der Waals surface area contributed by atoms with Crippen LogP contribution in [0, 0.1) is 12.7 Å². The van der Waals surface area contributed by atoms with E-state index in [1.165, 1.54) is 17.0 Å². The lowest BCUT2D eigenvalue weighted by molar-refractivity contribution is -0.118. The first-order valence-corrected chi connectivity index (χ1v) is 10.1. The van der Waals surface area contributed by atoms with Crippen LogP contribution in [-0.4, -0.2) is 26.9 Å². The molecule has 1 atom stereocenters. The zero-order valence-electron chi connectivity index (χ0n) is 14.1. The van der Waals surface area contributed by atoms with Gasteiger partial charge >= 0.3 is 0 Å². The highest BCUT2D eigenvalue weighted by Crippen LogP contribution is 2.24.